The van der Waals surface area contributed by atoms with Gasteiger partial charge in [-0.25, -0.2) is 0 Å². The number of nitrogens with two attached hydrogens (primary N) is 1. The summed E-state index contributed by atoms with van der Waals surface area (Å²) < 4.78 is 14.7. The number of aromatic nitrogens is 2. The van der Waals surface area contributed by atoms with E-state index >= 15 is 0 Å². The number of aryl methyl sites for hydroxylation is 2. The molecular formula is C10H18BrN3OS. The summed E-state index contributed by atoms with van der Waals surface area (Å²) in [6, 6.07) is 0. The van der Waals surface area contributed by atoms with E-state index in [-0.39, 0.29) is 0 Å². The van der Waals surface area contributed by atoms with Gasteiger partial charge in [0.1, 0.15) is 0 Å². The smallest absolute Gasteiger partial charge is 0.0739 e. The van der Waals surface area contributed by atoms with Crippen LogP contribution >= 0.6 is 15.9 Å². The van der Waals surface area contributed by atoms with Crippen molar-refractivity contribution in [2.75, 3.05) is 12.3 Å². The number of halogens is 1. The quantitative estimate of drug-likeness (QED) is 0.868. The first-order valence-electron chi connectivity index (χ1n) is 5.37. The van der Waals surface area contributed by atoms with Crippen LogP contribution in [-0.2, 0) is 23.1 Å². The maximum Gasteiger partial charge on any atom is 0.0739 e. The van der Waals surface area contributed by atoms with Crippen molar-refractivity contribution in [3.8, 4) is 0 Å². The number of hydrogen-bond acceptors (Lipinski definition) is 3. The normalized spacial score (nSPS) is 13.0. The minimum atomic E-state index is -0.851. The topological polar surface area (TPSA) is 60.9 Å². The standard InChI is InChI=1S/C10H18BrN3OS/c1-3-14-9(10(11)8(2)13-14)7-16(15)6-4-5-12/h3-7,12H2,1-2H3. The van der Waals surface area contributed by atoms with E-state index in [0.29, 0.717) is 18.1 Å². The van der Waals surface area contributed by atoms with Crippen LogP contribution in [0, 0.1) is 6.92 Å². The predicted molar refractivity (Wildman–Crippen MR) is 70.7 cm³/mol. The van der Waals surface area contributed by atoms with Crippen LogP contribution in [0.2, 0.25) is 0 Å². The molecule has 0 spiro atoms. The summed E-state index contributed by atoms with van der Waals surface area (Å²) in [4.78, 5) is 0. The Labute approximate surface area is 107 Å². The van der Waals surface area contributed by atoms with E-state index in [2.05, 4.69) is 21.0 Å². The zero-order valence-electron chi connectivity index (χ0n) is 9.70. The molecule has 1 unspecified atom stereocenters. The van der Waals surface area contributed by atoms with Gasteiger partial charge in [-0.1, -0.05) is 0 Å². The molecule has 0 aliphatic heterocycles. The summed E-state index contributed by atoms with van der Waals surface area (Å²) in [6.45, 7) is 5.38. The summed E-state index contributed by atoms with van der Waals surface area (Å²) in [5.41, 5.74) is 7.37. The molecule has 0 saturated heterocycles. The highest BCUT2D eigenvalue weighted by Gasteiger charge is 2.14. The minimum absolute atomic E-state index is 0.551. The molecule has 1 aromatic heterocycles. The van der Waals surface area contributed by atoms with Crippen molar-refractivity contribution in [2.24, 2.45) is 5.73 Å². The van der Waals surface area contributed by atoms with Gasteiger partial charge in [0, 0.05) is 23.1 Å². The Balaban J connectivity index is 2.75. The van der Waals surface area contributed by atoms with Crippen LogP contribution in [-0.4, -0.2) is 26.3 Å². The lowest BCUT2D eigenvalue weighted by atomic mass is 10.4. The van der Waals surface area contributed by atoms with Gasteiger partial charge in [0.2, 0.25) is 0 Å². The van der Waals surface area contributed by atoms with Crippen LogP contribution in [0.3, 0.4) is 0 Å². The average Bonchev–Trinajstić information content (AvgIpc) is 2.54. The van der Waals surface area contributed by atoms with Gasteiger partial charge in [0.25, 0.3) is 0 Å². The summed E-state index contributed by atoms with van der Waals surface area (Å²) in [7, 11) is -0.851. The molecule has 4 nitrogen and oxygen atoms in total. The Morgan fingerprint density at radius 3 is 2.81 bits per heavy atom. The summed E-state index contributed by atoms with van der Waals surface area (Å²) in [6.07, 6.45) is 0.809. The molecule has 0 fully saturated rings. The molecule has 0 aliphatic carbocycles. The van der Waals surface area contributed by atoms with E-state index in [1.807, 2.05) is 18.5 Å². The zero-order chi connectivity index (χ0) is 12.1. The van der Waals surface area contributed by atoms with Crippen LogP contribution in [0.25, 0.3) is 0 Å². The molecule has 92 valence electrons. The molecule has 1 aromatic rings. The molecule has 0 aromatic carbocycles. The van der Waals surface area contributed by atoms with Crippen molar-refractivity contribution >= 4 is 26.7 Å². The van der Waals surface area contributed by atoms with Crippen molar-refractivity contribution in [2.45, 2.75) is 32.6 Å². The molecule has 0 aliphatic rings. The van der Waals surface area contributed by atoms with E-state index < -0.39 is 10.8 Å². The van der Waals surface area contributed by atoms with Gasteiger partial charge in [0.05, 0.1) is 21.6 Å². The molecule has 0 amide bonds. The molecule has 1 rings (SSSR count). The maximum absolute atomic E-state index is 11.8. The number of nitrogens with zero attached hydrogens (tertiary/aromatic N) is 2. The van der Waals surface area contributed by atoms with Gasteiger partial charge in [-0.2, -0.15) is 5.10 Å². The average molecular weight is 308 g/mol. The molecular weight excluding hydrogens is 290 g/mol. The Kier molecular flexibility index (Phi) is 5.64. The first-order valence-corrected chi connectivity index (χ1v) is 7.65. The van der Waals surface area contributed by atoms with Crippen LogP contribution < -0.4 is 5.73 Å². The van der Waals surface area contributed by atoms with E-state index in [1.54, 1.807) is 0 Å². The Morgan fingerprint density at radius 2 is 2.25 bits per heavy atom. The monoisotopic (exact) mass is 307 g/mol. The lowest BCUT2D eigenvalue weighted by Gasteiger charge is -2.05. The van der Waals surface area contributed by atoms with Crippen molar-refractivity contribution < 1.29 is 4.21 Å². The predicted octanol–water partition coefficient (Wildman–Crippen LogP) is 1.57. The second-order valence-electron chi connectivity index (χ2n) is 3.59. The van der Waals surface area contributed by atoms with E-state index in [1.165, 1.54) is 0 Å². The lowest BCUT2D eigenvalue weighted by molar-refractivity contribution is 0.626. The molecule has 2 N–H and O–H groups in total. The second kappa shape index (κ2) is 6.51. The van der Waals surface area contributed by atoms with Crippen molar-refractivity contribution in [1.29, 1.82) is 0 Å². The lowest BCUT2D eigenvalue weighted by Crippen LogP contribution is -2.10. The van der Waals surface area contributed by atoms with Crippen molar-refractivity contribution in [1.82, 2.24) is 9.78 Å². The summed E-state index contributed by atoms with van der Waals surface area (Å²) >= 11 is 3.50. The number of hydrogen-bond donors (Lipinski definition) is 1. The first-order chi connectivity index (χ1) is 7.60. The van der Waals surface area contributed by atoms with Gasteiger partial charge in [-0.05, 0) is 42.7 Å². The second-order valence-corrected chi connectivity index (χ2v) is 5.96. The molecule has 0 radical (unpaired) electrons. The highest BCUT2D eigenvalue weighted by atomic mass is 79.9. The number of rotatable bonds is 6. The van der Waals surface area contributed by atoms with E-state index in [0.717, 1.165) is 28.8 Å². The molecule has 0 bridgehead atoms. The molecule has 6 heteroatoms. The molecule has 0 saturated carbocycles. The zero-order valence-corrected chi connectivity index (χ0v) is 12.1. The third-order valence-electron chi connectivity index (χ3n) is 2.33. The van der Waals surface area contributed by atoms with Gasteiger partial charge >= 0.3 is 0 Å². The Bertz CT molecular complexity index is 378. The highest BCUT2D eigenvalue weighted by Crippen LogP contribution is 2.22. The summed E-state index contributed by atoms with van der Waals surface area (Å²) in [5, 5.41) is 4.37. The summed E-state index contributed by atoms with van der Waals surface area (Å²) in [5.74, 6) is 1.21. The van der Waals surface area contributed by atoms with Crippen LogP contribution in [0.1, 0.15) is 24.7 Å². The Hall–Kier alpha value is -0.200. The molecule has 1 atom stereocenters. The van der Waals surface area contributed by atoms with Crippen molar-refractivity contribution in [3.05, 3.63) is 15.9 Å². The maximum atomic E-state index is 11.8. The largest absolute Gasteiger partial charge is 0.330 e. The fourth-order valence-electron chi connectivity index (χ4n) is 1.48. The van der Waals surface area contributed by atoms with Crippen molar-refractivity contribution in [3.63, 3.8) is 0 Å². The van der Waals surface area contributed by atoms with Gasteiger partial charge in [-0.15, -0.1) is 0 Å². The Morgan fingerprint density at radius 1 is 1.56 bits per heavy atom. The van der Waals surface area contributed by atoms with Gasteiger partial charge < -0.3 is 5.73 Å². The highest BCUT2D eigenvalue weighted by molar-refractivity contribution is 9.10. The third-order valence-corrected chi connectivity index (χ3v) is 4.70. The van der Waals surface area contributed by atoms with Gasteiger partial charge in [0.15, 0.2) is 0 Å². The molecule has 16 heavy (non-hydrogen) atoms. The molecule has 1 heterocycles. The van der Waals surface area contributed by atoms with Crippen LogP contribution in [0.5, 0.6) is 0 Å². The van der Waals surface area contributed by atoms with Crippen LogP contribution in [0.4, 0.5) is 0 Å². The van der Waals surface area contributed by atoms with Crippen LogP contribution in [0.15, 0.2) is 4.47 Å². The fraction of sp³-hybridized carbons (Fsp3) is 0.700. The SMILES string of the molecule is CCn1nc(C)c(Br)c1CS(=O)CCCN. The van der Waals surface area contributed by atoms with E-state index in [9.17, 15) is 4.21 Å². The fourth-order valence-corrected chi connectivity index (χ4v) is 3.32. The minimum Gasteiger partial charge on any atom is -0.330 e. The third kappa shape index (κ3) is 3.40. The first kappa shape index (κ1) is 13.9. The van der Waals surface area contributed by atoms with E-state index in [4.69, 9.17) is 5.73 Å². The van der Waals surface area contributed by atoms with Gasteiger partial charge in [-0.3, -0.25) is 8.89 Å².